The Labute approximate surface area is 173 Å². The minimum Gasteiger partial charge on any atom is -0.482 e. The van der Waals surface area contributed by atoms with Crippen molar-refractivity contribution in [2.24, 2.45) is 0 Å². The molecule has 4 rings (SSSR count). The van der Waals surface area contributed by atoms with Crippen LogP contribution < -0.4 is 20.3 Å². The van der Waals surface area contributed by atoms with Crippen molar-refractivity contribution in [1.29, 1.82) is 0 Å². The van der Waals surface area contributed by atoms with Crippen molar-refractivity contribution >= 4 is 40.6 Å². The molecule has 1 heterocycles. The van der Waals surface area contributed by atoms with Gasteiger partial charge in [-0.2, -0.15) is 0 Å². The second kappa shape index (κ2) is 8.24. The summed E-state index contributed by atoms with van der Waals surface area (Å²) in [5.74, 6) is 0.436. The molecule has 1 aliphatic heterocycles. The number of carbonyl (C=O) groups excluding carboxylic acids is 2. The van der Waals surface area contributed by atoms with Crippen LogP contribution in [0.4, 0.5) is 21.9 Å². The molecule has 0 aliphatic carbocycles. The second-order valence-electron chi connectivity index (χ2n) is 6.52. The third kappa shape index (κ3) is 4.50. The molecule has 0 spiro atoms. The fourth-order valence-corrected chi connectivity index (χ4v) is 3.17. The zero-order valence-corrected chi connectivity index (χ0v) is 16.1. The van der Waals surface area contributed by atoms with Crippen LogP contribution in [-0.2, 0) is 11.3 Å². The van der Waals surface area contributed by atoms with Crippen LogP contribution in [0.15, 0.2) is 72.8 Å². The molecule has 0 fully saturated rings. The quantitative estimate of drug-likeness (QED) is 0.645. The van der Waals surface area contributed by atoms with Crippen LogP contribution in [0.3, 0.4) is 0 Å². The van der Waals surface area contributed by atoms with E-state index in [0.29, 0.717) is 34.4 Å². The van der Waals surface area contributed by atoms with Crippen molar-refractivity contribution in [1.82, 2.24) is 0 Å². The first kappa shape index (κ1) is 18.8. The van der Waals surface area contributed by atoms with E-state index >= 15 is 0 Å². The first-order valence-corrected chi connectivity index (χ1v) is 9.41. The number of anilines is 3. The molecule has 0 radical (unpaired) electrons. The number of hydrogen-bond donors (Lipinski definition) is 2. The number of halogens is 1. The van der Waals surface area contributed by atoms with E-state index in [4.69, 9.17) is 16.3 Å². The number of urea groups is 1. The van der Waals surface area contributed by atoms with Crippen molar-refractivity contribution < 1.29 is 14.3 Å². The number of carbonyl (C=O) groups is 2. The number of benzene rings is 3. The SMILES string of the molecule is O=C(Nc1ccccc1)Nc1ccc2c(c1)N(Cc1ccc(Cl)cc1)C(=O)CO2. The maximum Gasteiger partial charge on any atom is 0.323 e. The molecule has 2 N–H and O–H groups in total. The Morgan fingerprint density at radius 3 is 2.45 bits per heavy atom. The summed E-state index contributed by atoms with van der Waals surface area (Å²) >= 11 is 5.94. The molecule has 3 aromatic rings. The highest BCUT2D eigenvalue weighted by Crippen LogP contribution is 2.35. The van der Waals surface area contributed by atoms with E-state index < -0.39 is 0 Å². The molecule has 29 heavy (non-hydrogen) atoms. The molecular formula is C22H18ClN3O3. The molecule has 0 saturated carbocycles. The summed E-state index contributed by atoms with van der Waals surface area (Å²) < 4.78 is 5.54. The van der Waals surface area contributed by atoms with Gasteiger partial charge < -0.3 is 20.3 Å². The van der Waals surface area contributed by atoms with Crippen molar-refractivity contribution in [3.05, 3.63) is 83.4 Å². The molecule has 0 atom stereocenters. The van der Waals surface area contributed by atoms with Crippen molar-refractivity contribution in [3.8, 4) is 5.75 Å². The topological polar surface area (TPSA) is 70.7 Å². The Kier molecular flexibility index (Phi) is 5.35. The van der Waals surface area contributed by atoms with Crippen molar-refractivity contribution in [3.63, 3.8) is 0 Å². The van der Waals surface area contributed by atoms with Crippen molar-refractivity contribution in [2.45, 2.75) is 6.54 Å². The molecule has 146 valence electrons. The summed E-state index contributed by atoms with van der Waals surface area (Å²) in [6.07, 6.45) is 0. The van der Waals surface area contributed by atoms with E-state index in [0.717, 1.165) is 5.56 Å². The minimum absolute atomic E-state index is 0.0259. The van der Waals surface area contributed by atoms with Gasteiger partial charge in [0.2, 0.25) is 0 Å². The Morgan fingerprint density at radius 2 is 1.69 bits per heavy atom. The lowest BCUT2D eigenvalue weighted by molar-refractivity contribution is -0.121. The fraction of sp³-hybridized carbons (Fsp3) is 0.0909. The molecule has 0 bridgehead atoms. The molecule has 0 saturated heterocycles. The molecule has 0 unspecified atom stereocenters. The maximum absolute atomic E-state index is 12.5. The van der Waals surface area contributed by atoms with Gasteiger partial charge in [-0.25, -0.2) is 4.79 Å². The van der Waals surface area contributed by atoms with Gasteiger partial charge in [0, 0.05) is 16.4 Å². The molecular weight excluding hydrogens is 390 g/mol. The number of rotatable bonds is 4. The van der Waals surface area contributed by atoms with Gasteiger partial charge in [0.05, 0.1) is 12.2 Å². The summed E-state index contributed by atoms with van der Waals surface area (Å²) in [5.41, 5.74) is 2.78. The van der Waals surface area contributed by atoms with E-state index in [-0.39, 0.29) is 18.5 Å². The molecule has 3 aromatic carbocycles. The summed E-state index contributed by atoms with van der Waals surface area (Å²) in [6, 6.07) is 21.3. The predicted octanol–water partition coefficient (Wildman–Crippen LogP) is 4.91. The van der Waals surface area contributed by atoms with Crippen LogP contribution in [-0.4, -0.2) is 18.5 Å². The highest BCUT2D eigenvalue weighted by molar-refractivity contribution is 6.30. The Bertz CT molecular complexity index is 1040. The lowest BCUT2D eigenvalue weighted by atomic mass is 10.1. The summed E-state index contributed by atoms with van der Waals surface area (Å²) in [5, 5.41) is 6.18. The third-order valence-corrected chi connectivity index (χ3v) is 4.70. The van der Waals surface area contributed by atoms with Gasteiger partial charge in [-0.3, -0.25) is 4.79 Å². The number of ether oxygens (including phenoxy) is 1. The lowest BCUT2D eigenvalue weighted by Gasteiger charge is -2.30. The van der Waals surface area contributed by atoms with Crippen LogP contribution in [0, 0.1) is 0 Å². The molecule has 7 heteroatoms. The highest BCUT2D eigenvalue weighted by Gasteiger charge is 2.26. The van der Waals surface area contributed by atoms with Gasteiger partial charge in [-0.1, -0.05) is 41.9 Å². The zero-order chi connectivity index (χ0) is 20.2. The Hall–Kier alpha value is -3.51. The van der Waals surface area contributed by atoms with Crippen LogP contribution in [0.25, 0.3) is 0 Å². The summed E-state index contributed by atoms with van der Waals surface area (Å²) in [7, 11) is 0. The number of nitrogens with zero attached hydrogens (tertiary/aromatic N) is 1. The van der Waals surface area contributed by atoms with Gasteiger partial charge in [0.15, 0.2) is 6.61 Å². The summed E-state index contributed by atoms with van der Waals surface area (Å²) in [4.78, 5) is 26.4. The predicted molar refractivity (Wildman–Crippen MR) is 114 cm³/mol. The summed E-state index contributed by atoms with van der Waals surface area (Å²) in [6.45, 7) is 0.355. The molecule has 1 aliphatic rings. The zero-order valence-electron chi connectivity index (χ0n) is 15.4. The van der Waals surface area contributed by atoms with E-state index in [9.17, 15) is 9.59 Å². The van der Waals surface area contributed by atoms with E-state index in [1.165, 1.54) is 0 Å². The minimum atomic E-state index is -0.372. The Balaban J connectivity index is 1.53. The van der Waals surface area contributed by atoms with Gasteiger partial charge in [-0.05, 0) is 48.0 Å². The highest BCUT2D eigenvalue weighted by atomic mass is 35.5. The normalized spacial score (nSPS) is 12.7. The maximum atomic E-state index is 12.5. The fourth-order valence-electron chi connectivity index (χ4n) is 3.04. The van der Waals surface area contributed by atoms with Gasteiger partial charge in [-0.15, -0.1) is 0 Å². The van der Waals surface area contributed by atoms with E-state index in [1.807, 2.05) is 30.3 Å². The number of amides is 3. The van der Waals surface area contributed by atoms with Gasteiger partial charge >= 0.3 is 6.03 Å². The second-order valence-corrected chi connectivity index (χ2v) is 6.96. The monoisotopic (exact) mass is 407 g/mol. The molecule has 6 nitrogen and oxygen atoms in total. The number of fused-ring (bicyclic) bond motifs is 1. The van der Waals surface area contributed by atoms with E-state index in [2.05, 4.69) is 10.6 Å². The van der Waals surface area contributed by atoms with Gasteiger partial charge in [0.1, 0.15) is 5.75 Å². The van der Waals surface area contributed by atoms with Crippen LogP contribution in [0.2, 0.25) is 5.02 Å². The molecule has 0 aromatic heterocycles. The first-order valence-electron chi connectivity index (χ1n) is 9.03. The smallest absolute Gasteiger partial charge is 0.323 e. The van der Waals surface area contributed by atoms with Crippen molar-refractivity contribution in [2.75, 3.05) is 22.1 Å². The first-order chi connectivity index (χ1) is 14.1. The number of hydrogen-bond acceptors (Lipinski definition) is 3. The standard InChI is InChI=1S/C22H18ClN3O3/c23-16-8-6-15(7-9-16)13-26-19-12-18(10-11-20(19)29-14-21(26)27)25-22(28)24-17-4-2-1-3-5-17/h1-12H,13-14H2,(H2,24,25,28). The largest absolute Gasteiger partial charge is 0.482 e. The van der Waals surface area contributed by atoms with Crippen LogP contribution in [0.5, 0.6) is 5.75 Å². The molecule has 3 amide bonds. The Morgan fingerprint density at radius 1 is 0.966 bits per heavy atom. The average Bonchev–Trinajstić information content (AvgIpc) is 2.72. The average molecular weight is 408 g/mol. The number of nitrogens with one attached hydrogen (secondary N) is 2. The number of para-hydroxylation sites is 1. The third-order valence-electron chi connectivity index (χ3n) is 4.45. The van der Waals surface area contributed by atoms with Crippen LogP contribution in [0.1, 0.15) is 5.56 Å². The van der Waals surface area contributed by atoms with E-state index in [1.54, 1.807) is 47.4 Å². The van der Waals surface area contributed by atoms with Gasteiger partial charge in [0.25, 0.3) is 5.91 Å². The van der Waals surface area contributed by atoms with Crippen LogP contribution >= 0.6 is 11.6 Å². The lowest BCUT2D eigenvalue weighted by Crippen LogP contribution is -2.38.